The molecular weight excluding hydrogens is 260 g/mol. The van der Waals surface area contributed by atoms with E-state index in [0.717, 1.165) is 19.6 Å². The summed E-state index contributed by atoms with van der Waals surface area (Å²) in [6.45, 7) is 4.41. The van der Waals surface area contributed by atoms with Crippen LogP contribution in [0.5, 0.6) is 0 Å². The van der Waals surface area contributed by atoms with Crippen molar-refractivity contribution in [2.24, 2.45) is 0 Å². The molecule has 1 N–H and O–H groups in total. The Balaban J connectivity index is 1.63. The van der Waals surface area contributed by atoms with E-state index in [1.807, 2.05) is 29.7 Å². The van der Waals surface area contributed by atoms with Gasteiger partial charge in [0.25, 0.3) is 0 Å². The zero-order chi connectivity index (χ0) is 12.4. The van der Waals surface area contributed by atoms with Crippen molar-refractivity contribution in [3.63, 3.8) is 0 Å². The number of nitrogens with one attached hydrogen (secondary N) is 1. The molecule has 0 spiro atoms. The molecule has 1 aliphatic rings. The minimum absolute atomic E-state index is 0.985. The van der Waals surface area contributed by atoms with Crippen molar-refractivity contribution in [3.05, 3.63) is 43.8 Å². The maximum absolute atomic E-state index is 3.21. The SMILES string of the molecule is CNCc1ccc(CN2CCc3sccc3C2)s1. The molecule has 2 aromatic heterocycles. The van der Waals surface area contributed by atoms with Gasteiger partial charge in [0.15, 0.2) is 0 Å². The first kappa shape index (κ1) is 12.4. The highest BCUT2D eigenvalue weighted by Gasteiger charge is 2.17. The van der Waals surface area contributed by atoms with Gasteiger partial charge in [-0.2, -0.15) is 0 Å². The quantitative estimate of drug-likeness (QED) is 0.924. The predicted octanol–water partition coefficient (Wildman–Crippen LogP) is 3.09. The van der Waals surface area contributed by atoms with Crippen LogP contribution in [0.25, 0.3) is 0 Å². The Morgan fingerprint density at radius 2 is 2.17 bits per heavy atom. The van der Waals surface area contributed by atoms with Gasteiger partial charge < -0.3 is 5.32 Å². The number of rotatable bonds is 4. The molecule has 0 radical (unpaired) electrons. The fourth-order valence-electron chi connectivity index (χ4n) is 2.44. The van der Waals surface area contributed by atoms with Gasteiger partial charge in [-0.05, 0) is 42.6 Å². The van der Waals surface area contributed by atoms with Gasteiger partial charge in [-0.25, -0.2) is 0 Å². The lowest BCUT2D eigenvalue weighted by atomic mass is 10.1. The van der Waals surface area contributed by atoms with Crippen molar-refractivity contribution >= 4 is 22.7 Å². The van der Waals surface area contributed by atoms with E-state index in [2.05, 4.69) is 33.8 Å². The Morgan fingerprint density at radius 1 is 1.28 bits per heavy atom. The zero-order valence-corrected chi connectivity index (χ0v) is 12.2. The Bertz CT molecular complexity index is 515. The molecule has 0 atom stereocenters. The van der Waals surface area contributed by atoms with Gasteiger partial charge in [0.05, 0.1) is 0 Å². The monoisotopic (exact) mass is 278 g/mol. The third-order valence-electron chi connectivity index (χ3n) is 3.33. The first-order valence-corrected chi connectivity index (χ1v) is 8.04. The highest BCUT2D eigenvalue weighted by molar-refractivity contribution is 7.12. The highest BCUT2D eigenvalue weighted by Crippen LogP contribution is 2.26. The zero-order valence-electron chi connectivity index (χ0n) is 10.6. The van der Waals surface area contributed by atoms with Crippen molar-refractivity contribution < 1.29 is 0 Å². The van der Waals surface area contributed by atoms with E-state index in [9.17, 15) is 0 Å². The minimum atomic E-state index is 0.985. The molecule has 0 amide bonds. The standard InChI is InChI=1S/C14H18N2S2/c1-15-8-12-2-3-13(18-12)10-16-6-4-14-11(9-16)5-7-17-14/h2-3,5,7,15H,4,6,8-10H2,1H3. The average Bonchev–Trinajstić information content (AvgIpc) is 2.98. The summed E-state index contributed by atoms with van der Waals surface area (Å²) in [5, 5.41) is 5.44. The van der Waals surface area contributed by atoms with Crippen LogP contribution in [-0.2, 0) is 26.1 Å². The summed E-state index contributed by atoms with van der Waals surface area (Å²) in [6, 6.07) is 6.81. The largest absolute Gasteiger partial charge is 0.315 e. The first-order chi connectivity index (χ1) is 8.85. The lowest BCUT2D eigenvalue weighted by Gasteiger charge is -2.26. The predicted molar refractivity (Wildman–Crippen MR) is 79.2 cm³/mol. The van der Waals surface area contributed by atoms with Crippen LogP contribution in [0.3, 0.4) is 0 Å². The molecule has 96 valence electrons. The fourth-order valence-corrected chi connectivity index (χ4v) is 4.40. The summed E-state index contributed by atoms with van der Waals surface area (Å²) in [7, 11) is 2.00. The molecule has 3 rings (SSSR count). The van der Waals surface area contributed by atoms with Crippen molar-refractivity contribution in [3.8, 4) is 0 Å². The molecule has 0 fully saturated rings. The van der Waals surface area contributed by atoms with Crippen LogP contribution >= 0.6 is 22.7 Å². The average molecular weight is 278 g/mol. The van der Waals surface area contributed by atoms with Crippen molar-refractivity contribution in [1.82, 2.24) is 10.2 Å². The normalized spacial score (nSPS) is 15.8. The molecule has 0 unspecified atom stereocenters. The smallest absolute Gasteiger partial charge is 0.0331 e. The van der Waals surface area contributed by atoms with Crippen molar-refractivity contribution in [2.45, 2.75) is 26.1 Å². The summed E-state index contributed by atoms with van der Waals surface area (Å²) < 4.78 is 0. The number of fused-ring (bicyclic) bond motifs is 1. The van der Waals surface area contributed by atoms with E-state index in [-0.39, 0.29) is 0 Å². The van der Waals surface area contributed by atoms with Crippen LogP contribution in [0, 0.1) is 0 Å². The Kier molecular flexibility index (Phi) is 3.80. The first-order valence-electron chi connectivity index (χ1n) is 6.35. The van der Waals surface area contributed by atoms with E-state index in [4.69, 9.17) is 0 Å². The topological polar surface area (TPSA) is 15.3 Å². The third-order valence-corrected chi connectivity index (χ3v) is 5.43. The Morgan fingerprint density at radius 3 is 3.06 bits per heavy atom. The number of nitrogens with zero attached hydrogens (tertiary/aromatic N) is 1. The lowest BCUT2D eigenvalue weighted by Crippen LogP contribution is -2.28. The van der Waals surface area contributed by atoms with Gasteiger partial charge in [-0.15, -0.1) is 22.7 Å². The van der Waals surface area contributed by atoms with E-state index < -0.39 is 0 Å². The van der Waals surface area contributed by atoms with Gasteiger partial charge in [0.2, 0.25) is 0 Å². The van der Waals surface area contributed by atoms with Gasteiger partial charge in [0.1, 0.15) is 0 Å². The number of thiophene rings is 2. The molecule has 3 heterocycles. The van der Waals surface area contributed by atoms with Crippen LogP contribution < -0.4 is 5.32 Å². The molecular formula is C14H18N2S2. The summed E-state index contributed by atoms with van der Waals surface area (Å²) in [5.74, 6) is 0. The van der Waals surface area contributed by atoms with E-state index >= 15 is 0 Å². The molecule has 2 aromatic rings. The Labute approximate surface area is 116 Å². The Hall–Kier alpha value is -0.680. The molecule has 0 saturated carbocycles. The van der Waals surface area contributed by atoms with Gasteiger partial charge >= 0.3 is 0 Å². The third kappa shape index (κ3) is 2.67. The van der Waals surface area contributed by atoms with Gasteiger partial charge in [-0.3, -0.25) is 4.90 Å². The fraction of sp³-hybridized carbons (Fsp3) is 0.429. The second-order valence-corrected chi connectivity index (χ2v) is 6.98. The van der Waals surface area contributed by atoms with Crippen LogP contribution in [0.1, 0.15) is 20.2 Å². The second kappa shape index (κ2) is 5.53. The van der Waals surface area contributed by atoms with Crippen LogP contribution in [0.4, 0.5) is 0 Å². The summed E-state index contributed by atoms with van der Waals surface area (Å²) in [5.41, 5.74) is 1.54. The van der Waals surface area contributed by atoms with Gasteiger partial charge in [0, 0.05) is 40.8 Å². The molecule has 4 heteroatoms. The number of hydrogen-bond acceptors (Lipinski definition) is 4. The lowest BCUT2D eigenvalue weighted by molar-refractivity contribution is 0.249. The van der Waals surface area contributed by atoms with Gasteiger partial charge in [-0.1, -0.05) is 0 Å². The van der Waals surface area contributed by atoms with Crippen molar-refractivity contribution in [2.75, 3.05) is 13.6 Å². The minimum Gasteiger partial charge on any atom is -0.315 e. The van der Waals surface area contributed by atoms with E-state index in [0.29, 0.717) is 0 Å². The van der Waals surface area contributed by atoms with E-state index in [1.165, 1.54) is 22.7 Å². The molecule has 0 bridgehead atoms. The molecule has 1 aliphatic heterocycles. The van der Waals surface area contributed by atoms with Crippen molar-refractivity contribution in [1.29, 1.82) is 0 Å². The molecule has 0 aromatic carbocycles. The highest BCUT2D eigenvalue weighted by atomic mass is 32.1. The maximum Gasteiger partial charge on any atom is 0.0331 e. The summed E-state index contributed by atoms with van der Waals surface area (Å²) in [4.78, 5) is 7.07. The molecule has 0 aliphatic carbocycles. The van der Waals surface area contributed by atoms with Crippen LogP contribution in [0.15, 0.2) is 23.6 Å². The van der Waals surface area contributed by atoms with Crippen LogP contribution in [0.2, 0.25) is 0 Å². The second-order valence-electron chi connectivity index (χ2n) is 4.73. The summed E-state index contributed by atoms with van der Waals surface area (Å²) >= 11 is 3.84. The molecule has 0 saturated heterocycles. The molecule has 2 nitrogen and oxygen atoms in total. The number of hydrogen-bond donors (Lipinski definition) is 1. The van der Waals surface area contributed by atoms with Crippen LogP contribution in [-0.4, -0.2) is 18.5 Å². The maximum atomic E-state index is 3.21. The molecule has 18 heavy (non-hydrogen) atoms. The summed E-state index contributed by atoms with van der Waals surface area (Å²) in [6.07, 6.45) is 1.22. The van der Waals surface area contributed by atoms with E-state index in [1.54, 1.807) is 10.4 Å².